The Kier molecular flexibility index (Phi) is 3.77. The molecule has 21 heavy (non-hydrogen) atoms. The maximum atomic E-state index is 12.1. The molecule has 0 saturated carbocycles. The summed E-state index contributed by atoms with van der Waals surface area (Å²) in [5, 5.41) is 7.00. The predicted octanol–water partition coefficient (Wildman–Crippen LogP) is 2.24. The molecule has 0 aliphatic carbocycles. The molecule has 1 unspecified atom stereocenters. The van der Waals surface area contributed by atoms with Crippen molar-refractivity contribution in [3.63, 3.8) is 0 Å². The van der Waals surface area contributed by atoms with Crippen molar-refractivity contribution in [3.05, 3.63) is 36.7 Å². The van der Waals surface area contributed by atoms with Gasteiger partial charge in [0.05, 0.1) is 6.04 Å². The summed E-state index contributed by atoms with van der Waals surface area (Å²) >= 11 is 0. The van der Waals surface area contributed by atoms with Gasteiger partial charge < -0.3 is 14.8 Å². The van der Waals surface area contributed by atoms with E-state index >= 15 is 0 Å². The molecule has 1 aromatic heterocycles. The number of aromatic nitrogens is 2. The average Bonchev–Trinajstić information content (AvgIpc) is 3.01. The first-order valence-corrected chi connectivity index (χ1v) is 6.91. The van der Waals surface area contributed by atoms with Crippen LogP contribution in [0.2, 0.25) is 0 Å². The molecular weight excluding hydrogens is 270 g/mol. The zero-order valence-electron chi connectivity index (χ0n) is 11.8. The van der Waals surface area contributed by atoms with Crippen LogP contribution in [0.15, 0.2) is 36.7 Å². The van der Waals surface area contributed by atoms with Crippen molar-refractivity contribution in [2.45, 2.75) is 19.4 Å². The summed E-state index contributed by atoms with van der Waals surface area (Å²) in [6, 6.07) is 7.25. The van der Waals surface area contributed by atoms with Crippen molar-refractivity contribution in [2.75, 3.05) is 18.5 Å². The third-order valence-electron chi connectivity index (χ3n) is 3.28. The van der Waals surface area contributed by atoms with Crippen LogP contribution in [0.25, 0.3) is 0 Å². The second kappa shape index (κ2) is 5.87. The third kappa shape index (κ3) is 3.16. The van der Waals surface area contributed by atoms with E-state index in [0.717, 1.165) is 0 Å². The lowest BCUT2D eigenvalue weighted by Crippen LogP contribution is -2.19. The Morgan fingerprint density at radius 1 is 1.38 bits per heavy atom. The van der Waals surface area contributed by atoms with Gasteiger partial charge in [0.25, 0.3) is 0 Å². The molecule has 0 radical (unpaired) electrons. The SMILES string of the molecule is CC(CC(=O)Nc1ccc2c(c1)OCCO2)n1cccn1. The topological polar surface area (TPSA) is 65.4 Å². The molecule has 2 aromatic rings. The van der Waals surface area contributed by atoms with Crippen LogP contribution < -0.4 is 14.8 Å². The molecule has 1 amide bonds. The van der Waals surface area contributed by atoms with Gasteiger partial charge in [-0.15, -0.1) is 0 Å². The fourth-order valence-electron chi connectivity index (χ4n) is 2.24. The van der Waals surface area contributed by atoms with Crippen molar-refractivity contribution < 1.29 is 14.3 Å². The maximum Gasteiger partial charge on any atom is 0.226 e. The highest BCUT2D eigenvalue weighted by molar-refractivity contribution is 5.91. The van der Waals surface area contributed by atoms with Crippen LogP contribution in [0.1, 0.15) is 19.4 Å². The fourth-order valence-corrected chi connectivity index (χ4v) is 2.24. The van der Waals surface area contributed by atoms with Gasteiger partial charge in [0.1, 0.15) is 13.2 Å². The highest BCUT2D eigenvalue weighted by Crippen LogP contribution is 2.32. The molecule has 110 valence electrons. The number of ether oxygens (including phenoxy) is 2. The lowest BCUT2D eigenvalue weighted by atomic mass is 10.2. The predicted molar refractivity (Wildman–Crippen MR) is 77.6 cm³/mol. The second-order valence-corrected chi connectivity index (χ2v) is 4.95. The molecule has 2 heterocycles. The lowest BCUT2D eigenvalue weighted by Gasteiger charge is -2.19. The minimum absolute atomic E-state index is 0.0113. The molecule has 6 nitrogen and oxygen atoms in total. The van der Waals surface area contributed by atoms with E-state index in [1.807, 2.05) is 25.3 Å². The Morgan fingerprint density at radius 3 is 2.95 bits per heavy atom. The van der Waals surface area contributed by atoms with Crippen LogP contribution >= 0.6 is 0 Å². The Balaban J connectivity index is 1.62. The van der Waals surface area contributed by atoms with Gasteiger partial charge in [0, 0.05) is 30.6 Å². The first kappa shape index (κ1) is 13.5. The number of benzene rings is 1. The number of nitrogens with zero attached hydrogens (tertiary/aromatic N) is 2. The number of anilines is 1. The number of amides is 1. The first-order valence-electron chi connectivity index (χ1n) is 6.91. The number of rotatable bonds is 4. The van der Waals surface area contributed by atoms with E-state index in [-0.39, 0.29) is 11.9 Å². The summed E-state index contributed by atoms with van der Waals surface area (Å²) in [4.78, 5) is 12.1. The van der Waals surface area contributed by atoms with Crippen molar-refractivity contribution in [1.29, 1.82) is 0 Å². The van der Waals surface area contributed by atoms with Crippen LogP contribution in [0, 0.1) is 0 Å². The molecule has 1 N–H and O–H groups in total. The molecule has 0 bridgehead atoms. The van der Waals surface area contributed by atoms with Crippen LogP contribution in [-0.4, -0.2) is 28.9 Å². The Morgan fingerprint density at radius 2 is 2.19 bits per heavy atom. The van der Waals surface area contributed by atoms with Gasteiger partial charge in [-0.2, -0.15) is 5.10 Å². The lowest BCUT2D eigenvalue weighted by molar-refractivity contribution is -0.116. The van der Waals surface area contributed by atoms with E-state index in [1.165, 1.54) is 0 Å². The number of carbonyl (C=O) groups excluding carboxylic acids is 1. The molecular formula is C15H17N3O3. The van der Waals surface area contributed by atoms with Gasteiger partial charge in [0.15, 0.2) is 11.5 Å². The third-order valence-corrected chi connectivity index (χ3v) is 3.28. The zero-order chi connectivity index (χ0) is 14.7. The average molecular weight is 287 g/mol. The summed E-state index contributed by atoms with van der Waals surface area (Å²) in [5.41, 5.74) is 0.705. The van der Waals surface area contributed by atoms with Crippen molar-refractivity contribution >= 4 is 11.6 Å². The van der Waals surface area contributed by atoms with E-state index < -0.39 is 0 Å². The Labute approximate surface area is 122 Å². The van der Waals surface area contributed by atoms with Gasteiger partial charge in [0.2, 0.25) is 5.91 Å². The van der Waals surface area contributed by atoms with E-state index in [2.05, 4.69) is 10.4 Å². The molecule has 0 fully saturated rings. The molecule has 1 aliphatic rings. The number of hydrogen-bond acceptors (Lipinski definition) is 4. The quantitative estimate of drug-likeness (QED) is 0.936. The summed E-state index contributed by atoms with van der Waals surface area (Å²) in [6.45, 7) is 3.04. The van der Waals surface area contributed by atoms with Gasteiger partial charge in [-0.25, -0.2) is 0 Å². The normalized spacial score (nSPS) is 14.5. The molecule has 0 saturated heterocycles. The summed E-state index contributed by atoms with van der Waals surface area (Å²) in [7, 11) is 0. The van der Waals surface area contributed by atoms with Crippen molar-refractivity contribution in [2.24, 2.45) is 0 Å². The summed E-state index contributed by atoms with van der Waals surface area (Å²) in [5.74, 6) is 1.32. The van der Waals surface area contributed by atoms with E-state index in [1.54, 1.807) is 23.0 Å². The number of hydrogen-bond donors (Lipinski definition) is 1. The van der Waals surface area contributed by atoms with Gasteiger partial charge in [-0.3, -0.25) is 9.48 Å². The minimum atomic E-state index is -0.0605. The highest BCUT2D eigenvalue weighted by Gasteiger charge is 2.14. The van der Waals surface area contributed by atoms with E-state index in [4.69, 9.17) is 9.47 Å². The van der Waals surface area contributed by atoms with E-state index in [0.29, 0.717) is 36.8 Å². The van der Waals surface area contributed by atoms with Gasteiger partial charge >= 0.3 is 0 Å². The smallest absolute Gasteiger partial charge is 0.226 e. The number of nitrogens with one attached hydrogen (secondary N) is 1. The van der Waals surface area contributed by atoms with Crippen molar-refractivity contribution in [3.8, 4) is 11.5 Å². The molecule has 1 atom stereocenters. The molecule has 3 rings (SSSR count). The van der Waals surface area contributed by atoms with Crippen LogP contribution in [0.3, 0.4) is 0 Å². The standard InChI is InChI=1S/C15H17N3O3/c1-11(18-6-2-5-16-18)9-15(19)17-12-3-4-13-14(10-12)21-8-7-20-13/h2-6,10-11H,7-9H2,1H3,(H,17,19). The molecule has 0 spiro atoms. The monoisotopic (exact) mass is 287 g/mol. The van der Waals surface area contributed by atoms with Crippen molar-refractivity contribution in [1.82, 2.24) is 9.78 Å². The maximum absolute atomic E-state index is 12.1. The number of fused-ring (bicyclic) bond motifs is 1. The highest BCUT2D eigenvalue weighted by atomic mass is 16.6. The molecule has 1 aliphatic heterocycles. The Hall–Kier alpha value is -2.50. The minimum Gasteiger partial charge on any atom is -0.486 e. The summed E-state index contributed by atoms with van der Waals surface area (Å²) in [6.07, 6.45) is 3.91. The summed E-state index contributed by atoms with van der Waals surface area (Å²) < 4.78 is 12.7. The first-order chi connectivity index (χ1) is 10.2. The number of carbonyl (C=O) groups is 1. The van der Waals surface area contributed by atoms with Crippen LogP contribution in [0.4, 0.5) is 5.69 Å². The van der Waals surface area contributed by atoms with Crippen LogP contribution in [-0.2, 0) is 4.79 Å². The largest absolute Gasteiger partial charge is 0.486 e. The molecule has 1 aromatic carbocycles. The van der Waals surface area contributed by atoms with Crippen LogP contribution in [0.5, 0.6) is 11.5 Å². The van der Waals surface area contributed by atoms with Gasteiger partial charge in [-0.1, -0.05) is 0 Å². The fraction of sp³-hybridized carbons (Fsp3) is 0.333. The zero-order valence-corrected chi connectivity index (χ0v) is 11.8. The Bertz CT molecular complexity index is 625. The second-order valence-electron chi connectivity index (χ2n) is 4.95. The van der Waals surface area contributed by atoms with E-state index in [9.17, 15) is 4.79 Å². The molecule has 6 heteroatoms. The van der Waals surface area contributed by atoms with Gasteiger partial charge in [-0.05, 0) is 25.1 Å².